The SMILES string of the molecule is COc1ccc2[nH]cc(C3CCN(Sc4ccc(OCCCN5CCN(C)CC5)cc4)CC3)c2c1. The lowest BCUT2D eigenvalue weighted by Crippen LogP contribution is -2.44. The van der Waals surface area contributed by atoms with E-state index in [0.717, 1.165) is 44.2 Å². The molecule has 3 aromatic rings. The van der Waals surface area contributed by atoms with Crippen LogP contribution in [0.2, 0.25) is 0 Å². The predicted molar refractivity (Wildman–Crippen MR) is 145 cm³/mol. The third-order valence-corrected chi connectivity index (χ3v) is 8.46. The van der Waals surface area contributed by atoms with Crippen LogP contribution in [0, 0.1) is 0 Å². The fourth-order valence-electron chi connectivity index (χ4n) is 5.14. The van der Waals surface area contributed by atoms with E-state index in [1.807, 2.05) is 18.0 Å². The second-order valence-corrected chi connectivity index (χ2v) is 10.9. The Morgan fingerprint density at radius 2 is 1.69 bits per heavy atom. The van der Waals surface area contributed by atoms with Crippen molar-refractivity contribution in [1.82, 2.24) is 19.1 Å². The first-order valence-electron chi connectivity index (χ1n) is 12.9. The van der Waals surface area contributed by atoms with Gasteiger partial charge in [-0.1, -0.05) is 0 Å². The Bertz CT molecular complexity index is 1070. The molecule has 0 radical (unpaired) electrons. The molecule has 6 nitrogen and oxygen atoms in total. The van der Waals surface area contributed by atoms with E-state index in [1.165, 1.54) is 60.4 Å². The summed E-state index contributed by atoms with van der Waals surface area (Å²) >= 11 is 1.87. The molecule has 0 atom stereocenters. The molecule has 2 saturated heterocycles. The summed E-state index contributed by atoms with van der Waals surface area (Å²) in [4.78, 5) is 9.66. The van der Waals surface area contributed by atoms with Gasteiger partial charge < -0.3 is 24.3 Å². The molecule has 1 aromatic heterocycles. The van der Waals surface area contributed by atoms with Gasteiger partial charge in [0, 0.05) is 67.8 Å². The average Bonchev–Trinajstić information content (AvgIpc) is 3.32. The van der Waals surface area contributed by atoms with E-state index in [4.69, 9.17) is 9.47 Å². The van der Waals surface area contributed by atoms with Crippen molar-refractivity contribution in [2.75, 3.05) is 66.6 Å². The molecule has 3 heterocycles. The van der Waals surface area contributed by atoms with Crippen LogP contribution in [0.4, 0.5) is 0 Å². The second-order valence-electron chi connectivity index (χ2n) is 9.77. The minimum atomic E-state index is 0.592. The smallest absolute Gasteiger partial charge is 0.119 e. The maximum Gasteiger partial charge on any atom is 0.119 e. The number of nitrogens with zero attached hydrogens (tertiary/aromatic N) is 3. The van der Waals surface area contributed by atoms with E-state index < -0.39 is 0 Å². The maximum atomic E-state index is 6.00. The summed E-state index contributed by atoms with van der Waals surface area (Å²) in [6, 6.07) is 14.9. The van der Waals surface area contributed by atoms with Gasteiger partial charge >= 0.3 is 0 Å². The van der Waals surface area contributed by atoms with Crippen LogP contribution < -0.4 is 9.47 Å². The molecular formula is C28H38N4O2S. The van der Waals surface area contributed by atoms with E-state index in [9.17, 15) is 0 Å². The second kappa shape index (κ2) is 11.7. The van der Waals surface area contributed by atoms with Gasteiger partial charge in [-0.2, -0.15) is 0 Å². The molecule has 0 unspecified atom stereocenters. The molecule has 2 aliphatic rings. The minimum Gasteiger partial charge on any atom is -0.497 e. The average molecular weight is 495 g/mol. The Kier molecular flexibility index (Phi) is 8.19. The molecular weight excluding hydrogens is 456 g/mol. The van der Waals surface area contributed by atoms with Gasteiger partial charge in [0.25, 0.3) is 0 Å². The number of fused-ring (bicyclic) bond motifs is 1. The van der Waals surface area contributed by atoms with Gasteiger partial charge in [0.1, 0.15) is 11.5 Å². The van der Waals surface area contributed by atoms with Crippen molar-refractivity contribution in [3.8, 4) is 11.5 Å². The molecule has 1 N–H and O–H groups in total. The van der Waals surface area contributed by atoms with Crippen molar-refractivity contribution < 1.29 is 9.47 Å². The number of rotatable bonds is 9. The third-order valence-electron chi connectivity index (χ3n) is 7.36. The molecule has 2 aromatic carbocycles. The summed E-state index contributed by atoms with van der Waals surface area (Å²) in [7, 11) is 3.94. The van der Waals surface area contributed by atoms with Gasteiger partial charge in [-0.15, -0.1) is 0 Å². The summed E-state index contributed by atoms with van der Waals surface area (Å²) < 4.78 is 13.9. The van der Waals surface area contributed by atoms with E-state index >= 15 is 0 Å². The number of H-pyrrole nitrogens is 1. The van der Waals surface area contributed by atoms with Gasteiger partial charge in [0.2, 0.25) is 0 Å². The third kappa shape index (κ3) is 6.33. The van der Waals surface area contributed by atoms with Crippen molar-refractivity contribution in [1.29, 1.82) is 0 Å². The summed E-state index contributed by atoms with van der Waals surface area (Å²) in [5.41, 5.74) is 2.62. The van der Waals surface area contributed by atoms with Crippen LogP contribution in [0.3, 0.4) is 0 Å². The number of hydrogen-bond donors (Lipinski definition) is 1. The number of likely N-dealkylation sites (N-methyl/N-ethyl adjacent to an activating group) is 1. The van der Waals surface area contributed by atoms with Crippen LogP contribution in [-0.2, 0) is 0 Å². The van der Waals surface area contributed by atoms with Crippen molar-refractivity contribution in [3.05, 3.63) is 54.2 Å². The summed E-state index contributed by atoms with van der Waals surface area (Å²) in [5.74, 6) is 2.49. The largest absolute Gasteiger partial charge is 0.497 e. The lowest BCUT2D eigenvalue weighted by Gasteiger charge is -2.32. The number of nitrogens with one attached hydrogen (secondary N) is 1. The summed E-state index contributed by atoms with van der Waals surface area (Å²) in [5, 5.41) is 1.30. The lowest BCUT2D eigenvalue weighted by molar-refractivity contribution is 0.145. The number of aromatic nitrogens is 1. The van der Waals surface area contributed by atoms with E-state index in [-0.39, 0.29) is 0 Å². The highest BCUT2D eigenvalue weighted by Gasteiger charge is 2.23. The van der Waals surface area contributed by atoms with Crippen LogP contribution in [0.1, 0.15) is 30.7 Å². The molecule has 2 fully saturated rings. The monoisotopic (exact) mass is 494 g/mol. The zero-order chi connectivity index (χ0) is 24.0. The Hall–Kier alpha value is -2.19. The highest BCUT2D eigenvalue weighted by atomic mass is 32.2. The van der Waals surface area contributed by atoms with Crippen LogP contribution in [0.15, 0.2) is 53.6 Å². The fourth-order valence-corrected chi connectivity index (χ4v) is 6.09. The minimum absolute atomic E-state index is 0.592. The molecule has 0 amide bonds. The molecule has 2 aliphatic heterocycles. The molecule has 0 spiro atoms. The van der Waals surface area contributed by atoms with Crippen molar-refractivity contribution in [2.45, 2.75) is 30.1 Å². The van der Waals surface area contributed by atoms with Gasteiger partial charge in [-0.05, 0) is 92.2 Å². The lowest BCUT2D eigenvalue weighted by atomic mass is 9.90. The highest BCUT2D eigenvalue weighted by molar-refractivity contribution is 7.97. The molecule has 0 bridgehead atoms. The highest BCUT2D eigenvalue weighted by Crippen LogP contribution is 2.37. The fraction of sp³-hybridized carbons (Fsp3) is 0.500. The van der Waals surface area contributed by atoms with Gasteiger partial charge in [-0.3, -0.25) is 0 Å². The van der Waals surface area contributed by atoms with Crippen molar-refractivity contribution >= 4 is 22.9 Å². The molecule has 0 aliphatic carbocycles. The normalized spacial score (nSPS) is 18.8. The predicted octanol–water partition coefficient (Wildman–Crippen LogP) is 5.08. The van der Waals surface area contributed by atoms with Crippen LogP contribution in [0.25, 0.3) is 10.9 Å². The number of aromatic amines is 1. The van der Waals surface area contributed by atoms with Crippen LogP contribution in [0.5, 0.6) is 11.5 Å². The number of piperidine rings is 1. The maximum absolute atomic E-state index is 6.00. The number of piperazine rings is 1. The number of hydrogen-bond acceptors (Lipinski definition) is 6. The number of benzene rings is 2. The van der Waals surface area contributed by atoms with Gasteiger partial charge in [0.15, 0.2) is 0 Å². The standard InChI is InChI=1S/C28H38N4O2S/c1-30-15-17-31(18-16-30)12-3-19-34-23-4-7-25(8-5-23)35-32-13-10-22(11-14-32)27-21-29-28-9-6-24(33-2)20-26(27)28/h4-9,20-22,29H,3,10-19H2,1-2H3. The first kappa shape index (κ1) is 24.5. The van der Waals surface area contributed by atoms with Gasteiger partial charge in [-0.25, -0.2) is 4.31 Å². The molecule has 0 saturated carbocycles. The Morgan fingerprint density at radius 1 is 0.943 bits per heavy atom. The molecule has 5 rings (SSSR count). The number of ether oxygens (including phenoxy) is 2. The molecule has 188 valence electrons. The quantitative estimate of drug-likeness (QED) is 0.331. The van der Waals surface area contributed by atoms with Crippen LogP contribution >= 0.6 is 11.9 Å². The van der Waals surface area contributed by atoms with Gasteiger partial charge in [0.05, 0.1) is 13.7 Å². The van der Waals surface area contributed by atoms with Crippen molar-refractivity contribution in [2.24, 2.45) is 0 Å². The first-order chi connectivity index (χ1) is 17.2. The van der Waals surface area contributed by atoms with Crippen molar-refractivity contribution in [3.63, 3.8) is 0 Å². The Balaban J connectivity index is 1.05. The zero-order valence-electron chi connectivity index (χ0n) is 21.0. The summed E-state index contributed by atoms with van der Waals surface area (Å²) in [6.07, 6.45) is 5.62. The van der Waals surface area contributed by atoms with E-state index in [0.29, 0.717) is 5.92 Å². The van der Waals surface area contributed by atoms with Crippen LogP contribution in [-0.4, -0.2) is 85.7 Å². The Morgan fingerprint density at radius 3 is 2.43 bits per heavy atom. The molecule has 7 heteroatoms. The first-order valence-corrected chi connectivity index (χ1v) is 13.7. The topological polar surface area (TPSA) is 44.0 Å². The number of methoxy groups -OCH3 is 1. The van der Waals surface area contributed by atoms with E-state index in [2.05, 4.69) is 68.7 Å². The van der Waals surface area contributed by atoms with E-state index in [1.54, 1.807) is 7.11 Å². The molecule has 35 heavy (non-hydrogen) atoms. The zero-order valence-corrected chi connectivity index (χ0v) is 21.9. The summed E-state index contributed by atoms with van der Waals surface area (Å²) in [6.45, 7) is 8.81. The Labute approximate surface area is 213 Å².